The molecule has 1 heterocycles. The van der Waals surface area contributed by atoms with Gasteiger partial charge in [-0.15, -0.1) is 0 Å². The maximum atomic E-state index is 13.6. The van der Waals surface area contributed by atoms with Crippen LogP contribution >= 0.6 is 11.6 Å². The van der Waals surface area contributed by atoms with Crippen molar-refractivity contribution in [3.8, 4) is 11.3 Å². The predicted molar refractivity (Wildman–Crippen MR) is 132 cm³/mol. The van der Waals surface area contributed by atoms with Gasteiger partial charge in [-0.3, -0.25) is 4.79 Å². The molecule has 4 aromatic rings. The van der Waals surface area contributed by atoms with E-state index in [0.29, 0.717) is 27.4 Å². The largest absolute Gasteiger partial charge is 0.466 e. The van der Waals surface area contributed by atoms with Crippen molar-refractivity contribution in [1.29, 1.82) is 0 Å². The average Bonchev–Trinajstić information content (AvgIpc) is 2.88. The monoisotopic (exact) mass is 473 g/mol. The average molecular weight is 474 g/mol. The number of benzene rings is 3. The molecule has 0 saturated heterocycles. The van der Waals surface area contributed by atoms with Crippen LogP contribution in [0.5, 0.6) is 0 Å². The van der Waals surface area contributed by atoms with Crippen LogP contribution in [0.1, 0.15) is 15.9 Å². The third kappa shape index (κ3) is 4.23. The minimum absolute atomic E-state index is 0.171. The van der Waals surface area contributed by atoms with Gasteiger partial charge in [-0.1, -0.05) is 72.3 Å². The van der Waals surface area contributed by atoms with Gasteiger partial charge in [-0.2, -0.15) is 0 Å². The number of pyridine rings is 1. The van der Waals surface area contributed by atoms with Crippen molar-refractivity contribution in [2.45, 2.75) is 0 Å². The molecular weight excluding hydrogens is 454 g/mol. The van der Waals surface area contributed by atoms with Crippen molar-refractivity contribution in [2.24, 2.45) is 0 Å². The molecule has 0 aliphatic carbocycles. The van der Waals surface area contributed by atoms with E-state index in [2.05, 4.69) is 0 Å². The van der Waals surface area contributed by atoms with Gasteiger partial charge in [-0.05, 0) is 29.3 Å². The number of nitrogens with zero attached hydrogens (tertiary/aromatic N) is 1. The zero-order valence-electron chi connectivity index (χ0n) is 18.4. The Labute approximate surface area is 200 Å². The molecule has 1 aromatic heterocycles. The lowest BCUT2D eigenvalue weighted by atomic mass is 9.99. The molecule has 4 rings (SSSR count). The fourth-order valence-corrected chi connectivity index (χ4v) is 4.00. The Balaban J connectivity index is 2.29. The Kier molecular flexibility index (Phi) is 6.61. The summed E-state index contributed by atoms with van der Waals surface area (Å²) in [5, 5.41) is 0.539. The summed E-state index contributed by atoms with van der Waals surface area (Å²) in [4.78, 5) is 39.0. The van der Waals surface area contributed by atoms with E-state index in [4.69, 9.17) is 21.1 Å². The molecule has 34 heavy (non-hydrogen) atoms. The molecule has 0 atom stereocenters. The molecule has 0 aliphatic heterocycles. The van der Waals surface area contributed by atoms with E-state index in [1.54, 1.807) is 41.0 Å². The highest BCUT2D eigenvalue weighted by molar-refractivity contribution is 6.31. The Hall–Kier alpha value is -4.16. The third-order valence-electron chi connectivity index (χ3n) is 5.33. The molecule has 0 saturated carbocycles. The maximum absolute atomic E-state index is 13.6. The number of fused-ring (bicyclic) bond motifs is 1. The lowest BCUT2D eigenvalue weighted by Gasteiger charge is -2.23. The van der Waals surface area contributed by atoms with Crippen molar-refractivity contribution < 1.29 is 19.1 Å². The van der Waals surface area contributed by atoms with Crippen LogP contribution in [0, 0.1) is 0 Å². The van der Waals surface area contributed by atoms with Gasteiger partial charge in [0.2, 0.25) is 5.43 Å². The second kappa shape index (κ2) is 9.77. The van der Waals surface area contributed by atoms with Crippen molar-refractivity contribution in [3.63, 3.8) is 0 Å². The van der Waals surface area contributed by atoms with Crippen LogP contribution in [0.2, 0.25) is 5.02 Å². The first-order chi connectivity index (χ1) is 16.5. The van der Waals surface area contributed by atoms with Crippen LogP contribution in [-0.4, -0.2) is 30.7 Å². The lowest BCUT2D eigenvalue weighted by Crippen LogP contribution is -2.23. The summed E-state index contributed by atoms with van der Waals surface area (Å²) in [7, 11) is 2.49. The van der Waals surface area contributed by atoms with Gasteiger partial charge >= 0.3 is 11.9 Å². The summed E-state index contributed by atoms with van der Waals surface area (Å²) >= 11 is 6.22. The molecule has 6 nitrogen and oxygen atoms in total. The first kappa shape index (κ1) is 23.0. The number of esters is 2. The smallest absolute Gasteiger partial charge is 0.344 e. The number of rotatable bonds is 5. The normalized spacial score (nSPS) is 11.3. The van der Waals surface area contributed by atoms with Crippen LogP contribution in [-0.2, 0) is 14.3 Å². The molecule has 0 radical (unpaired) electrons. The zero-order valence-corrected chi connectivity index (χ0v) is 19.2. The number of methoxy groups -OCH3 is 2. The Bertz CT molecular complexity index is 1470. The number of ether oxygens (including phenoxy) is 2. The number of carbonyl (C=O) groups is 2. The molecule has 0 amide bonds. The van der Waals surface area contributed by atoms with Gasteiger partial charge in [0.1, 0.15) is 5.56 Å². The Morgan fingerprint density at radius 1 is 0.882 bits per heavy atom. The fourth-order valence-electron chi connectivity index (χ4n) is 3.83. The van der Waals surface area contributed by atoms with Gasteiger partial charge < -0.3 is 14.0 Å². The molecule has 0 fully saturated rings. The zero-order chi connectivity index (χ0) is 24.2. The van der Waals surface area contributed by atoms with E-state index in [9.17, 15) is 14.4 Å². The molecule has 170 valence electrons. The number of carbonyl (C=O) groups excluding carboxylic acids is 2. The maximum Gasteiger partial charge on any atom is 0.344 e. The SMILES string of the molecule is COC(=O)/C=C(/c1ccccc1)n1c(-c2ccccc2)c(C(=O)OC)c(=O)c2cc(Cl)ccc21. The van der Waals surface area contributed by atoms with Crippen molar-refractivity contribution in [2.75, 3.05) is 14.2 Å². The summed E-state index contributed by atoms with van der Waals surface area (Å²) in [6, 6.07) is 22.9. The highest BCUT2D eigenvalue weighted by atomic mass is 35.5. The summed E-state index contributed by atoms with van der Waals surface area (Å²) < 4.78 is 11.6. The van der Waals surface area contributed by atoms with Gasteiger partial charge in [0, 0.05) is 16.5 Å². The van der Waals surface area contributed by atoms with E-state index in [1.807, 2.05) is 36.4 Å². The van der Waals surface area contributed by atoms with Crippen LogP contribution in [0.25, 0.3) is 27.9 Å². The van der Waals surface area contributed by atoms with Gasteiger partial charge in [-0.25, -0.2) is 9.59 Å². The quantitative estimate of drug-likeness (QED) is 0.295. The van der Waals surface area contributed by atoms with Crippen molar-refractivity contribution in [1.82, 2.24) is 4.57 Å². The summed E-state index contributed by atoms with van der Waals surface area (Å²) in [5.74, 6) is -1.40. The molecule has 7 heteroatoms. The standard InChI is InChI=1S/C27H20ClNO5/c1-33-23(30)16-22(17-9-5-3-6-10-17)29-21-14-13-19(28)15-20(21)26(31)24(27(32)34-2)25(29)18-11-7-4-8-12-18/h3-16H,1-2H3/b22-16-. The summed E-state index contributed by atoms with van der Waals surface area (Å²) in [6.07, 6.45) is 1.32. The topological polar surface area (TPSA) is 74.6 Å². The van der Waals surface area contributed by atoms with Gasteiger partial charge in [0.25, 0.3) is 0 Å². The molecule has 0 spiro atoms. The molecule has 0 N–H and O–H groups in total. The molecule has 0 unspecified atom stereocenters. The first-order valence-electron chi connectivity index (χ1n) is 10.3. The second-order valence-electron chi connectivity index (χ2n) is 7.33. The number of hydrogen-bond acceptors (Lipinski definition) is 5. The van der Waals surface area contributed by atoms with E-state index >= 15 is 0 Å². The molecule has 0 aliphatic rings. The fraction of sp³-hybridized carbons (Fsp3) is 0.0741. The van der Waals surface area contributed by atoms with Crippen molar-refractivity contribution in [3.05, 3.63) is 111 Å². The minimum Gasteiger partial charge on any atom is -0.466 e. The van der Waals surface area contributed by atoms with E-state index in [1.165, 1.54) is 26.4 Å². The van der Waals surface area contributed by atoms with Crippen molar-refractivity contribution >= 4 is 40.1 Å². The Morgan fingerprint density at radius 2 is 1.53 bits per heavy atom. The van der Waals surface area contributed by atoms with E-state index in [-0.39, 0.29) is 16.6 Å². The summed E-state index contributed by atoms with van der Waals surface area (Å²) in [5.41, 5.74) is 1.71. The van der Waals surface area contributed by atoms with Crippen LogP contribution < -0.4 is 5.43 Å². The molecular formula is C27H20ClNO5. The predicted octanol–water partition coefficient (Wildman–Crippen LogP) is 5.17. The highest BCUT2D eigenvalue weighted by Crippen LogP contribution is 2.33. The number of halogens is 1. The lowest BCUT2D eigenvalue weighted by molar-refractivity contribution is -0.134. The number of aromatic nitrogens is 1. The van der Waals surface area contributed by atoms with E-state index < -0.39 is 17.4 Å². The third-order valence-corrected chi connectivity index (χ3v) is 5.57. The second-order valence-corrected chi connectivity index (χ2v) is 7.76. The van der Waals surface area contributed by atoms with Crippen LogP contribution in [0.4, 0.5) is 0 Å². The van der Waals surface area contributed by atoms with Gasteiger partial charge in [0.15, 0.2) is 0 Å². The molecule has 0 bridgehead atoms. The van der Waals surface area contributed by atoms with Crippen LogP contribution in [0.3, 0.4) is 0 Å². The molecule has 3 aromatic carbocycles. The highest BCUT2D eigenvalue weighted by Gasteiger charge is 2.26. The number of hydrogen-bond donors (Lipinski definition) is 0. The van der Waals surface area contributed by atoms with Gasteiger partial charge in [0.05, 0.1) is 31.1 Å². The summed E-state index contributed by atoms with van der Waals surface area (Å²) in [6.45, 7) is 0. The van der Waals surface area contributed by atoms with E-state index in [0.717, 1.165) is 0 Å². The first-order valence-corrected chi connectivity index (χ1v) is 10.7. The Morgan fingerprint density at radius 3 is 2.15 bits per heavy atom. The van der Waals surface area contributed by atoms with Crippen LogP contribution in [0.15, 0.2) is 89.7 Å². The minimum atomic E-state index is -0.801.